The fraction of sp³-hybridized carbons (Fsp3) is 0.118. The van der Waals surface area contributed by atoms with Crippen molar-refractivity contribution in [3.63, 3.8) is 0 Å². The van der Waals surface area contributed by atoms with Crippen LogP contribution in [0.2, 0.25) is 0 Å². The molecule has 3 rings (SSSR count). The minimum Gasteiger partial charge on any atom is -0.480 e. The molecule has 3 aromatic rings. The van der Waals surface area contributed by atoms with E-state index in [1.807, 2.05) is 0 Å². The van der Waals surface area contributed by atoms with Gasteiger partial charge in [-0.2, -0.15) is 5.10 Å². The van der Waals surface area contributed by atoms with Gasteiger partial charge >= 0.3 is 5.97 Å². The number of halogens is 1. The number of carboxylic acid groups (broad SMARTS) is 1. The molecule has 23 heavy (non-hydrogen) atoms. The SMILES string of the molecule is O=C(O)Cn1nc(Cc2ccc(F)cc2)c2ccccc2c1=O. The van der Waals surface area contributed by atoms with E-state index in [-0.39, 0.29) is 5.82 Å². The van der Waals surface area contributed by atoms with E-state index in [1.54, 1.807) is 36.4 Å². The maximum atomic E-state index is 13.0. The molecule has 0 saturated heterocycles. The molecule has 0 aliphatic carbocycles. The van der Waals surface area contributed by atoms with Gasteiger partial charge in [0.05, 0.1) is 11.1 Å². The number of fused-ring (bicyclic) bond motifs is 1. The van der Waals surface area contributed by atoms with Gasteiger partial charge in [0.25, 0.3) is 5.56 Å². The first-order chi connectivity index (χ1) is 11.0. The number of nitrogens with zero attached hydrogens (tertiary/aromatic N) is 2. The van der Waals surface area contributed by atoms with Crippen molar-refractivity contribution >= 4 is 16.7 Å². The number of aromatic nitrogens is 2. The fourth-order valence-corrected chi connectivity index (χ4v) is 2.47. The highest BCUT2D eigenvalue weighted by atomic mass is 19.1. The molecule has 116 valence electrons. The molecule has 0 spiro atoms. The van der Waals surface area contributed by atoms with E-state index in [1.165, 1.54) is 12.1 Å². The minimum absolute atomic E-state index is 0.331. The highest BCUT2D eigenvalue weighted by Gasteiger charge is 2.12. The maximum absolute atomic E-state index is 13.0. The molecule has 1 heterocycles. The molecule has 0 aliphatic heterocycles. The fourth-order valence-electron chi connectivity index (χ4n) is 2.47. The van der Waals surface area contributed by atoms with E-state index >= 15 is 0 Å². The van der Waals surface area contributed by atoms with Gasteiger partial charge in [0.15, 0.2) is 0 Å². The molecule has 0 bridgehead atoms. The summed E-state index contributed by atoms with van der Waals surface area (Å²) < 4.78 is 14.0. The largest absolute Gasteiger partial charge is 0.480 e. The molecule has 0 atom stereocenters. The van der Waals surface area contributed by atoms with Gasteiger partial charge < -0.3 is 5.11 Å². The third-order valence-electron chi connectivity index (χ3n) is 3.51. The van der Waals surface area contributed by atoms with E-state index in [2.05, 4.69) is 5.10 Å². The lowest BCUT2D eigenvalue weighted by Gasteiger charge is -2.10. The second-order valence-electron chi connectivity index (χ2n) is 5.15. The summed E-state index contributed by atoms with van der Waals surface area (Å²) in [5.41, 5.74) is 0.962. The molecule has 0 amide bonds. The van der Waals surface area contributed by atoms with Gasteiger partial charge in [-0.3, -0.25) is 9.59 Å². The van der Waals surface area contributed by atoms with Crippen LogP contribution in [0.15, 0.2) is 53.3 Å². The molecular weight excluding hydrogens is 299 g/mol. The van der Waals surface area contributed by atoms with E-state index in [0.717, 1.165) is 10.2 Å². The number of carboxylic acids is 1. The molecule has 1 aromatic heterocycles. The van der Waals surface area contributed by atoms with E-state index in [9.17, 15) is 14.0 Å². The molecule has 5 nitrogen and oxygen atoms in total. The van der Waals surface area contributed by atoms with E-state index in [4.69, 9.17) is 5.11 Å². The molecule has 6 heteroatoms. The van der Waals surface area contributed by atoms with Gasteiger partial charge in [-0.1, -0.05) is 30.3 Å². The molecule has 1 N–H and O–H groups in total. The highest BCUT2D eigenvalue weighted by molar-refractivity contribution is 5.84. The Morgan fingerprint density at radius 1 is 1.09 bits per heavy atom. The Hall–Kier alpha value is -3.02. The molecule has 0 radical (unpaired) electrons. The van der Waals surface area contributed by atoms with Crippen LogP contribution in [0.25, 0.3) is 10.8 Å². The van der Waals surface area contributed by atoms with Crippen LogP contribution in [0.5, 0.6) is 0 Å². The number of aliphatic carboxylic acids is 1. The number of carbonyl (C=O) groups is 1. The molecule has 0 aliphatic rings. The van der Waals surface area contributed by atoms with Crippen molar-refractivity contribution in [2.45, 2.75) is 13.0 Å². The van der Waals surface area contributed by atoms with Crippen LogP contribution in [0, 0.1) is 5.82 Å². The van der Waals surface area contributed by atoms with Gasteiger partial charge in [0.2, 0.25) is 0 Å². The first-order valence-corrected chi connectivity index (χ1v) is 6.99. The summed E-state index contributed by atoms with van der Waals surface area (Å²) in [6.07, 6.45) is 0.376. The third-order valence-corrected chi connectivity index (χ3v) is 3.51. The number of benzene rings is 2. The topological polar surface area (TPSA) is 72.2 Å². The van der Waals surface area contributed by atoms with Crippen molar-refractivity contribution in [3.8, 4) is 0 Å². The third kappa shape index (κ3) is 3.11. The summed E-state index contributed by atoms with van der Waals surface area (Å²) in [6, 6.07) is 12.9. The number of rotatable bonds is 4. The Bertz CT molecular complexity index is 933. The van der Waals surface area contributed by atoms with Crippen molar-refractivity contribution in [1.82, 2.24) is 9.78 Å². The van der Waals surface area contributed by atoms with Crippen molar-refractivity contribution < 1.29 is 14.3 Å². The first-order valence-electron chi connectivity index (χ1n) is 6.99. The van der Waals surface area contributed by atoms with E-state index < -0.39 is 18.1 Å². The van der Waals surface area contributed by atoms with Gasteiger partial charge in [0.1, 0.15) is 12.4 Å². The predicted octanol–water partition coefficient (Wildman–Crippen LogP) is 2.21. The Labute approximate surface area is 130 Å². The van der Waals surface area contributed by atoms with Crippen molar-refractivity contribution in [2.24, 2.45) is 0 Å². The second kappa shape index (κ2) is 6.00. The smallest absolute Gasteiger partial charge is 0.325 e. The number of hydrogen-bond donors (Lipinski definition) is 1. The zero-order valence-electron chi connectivity index (χ0n) is 12.1. The Kier molecular flexibility index (Phi) is 3.89. The van der Waals surface area contributed by atoms with Crippen molar-refractivity contribution in [2.75, 3.05) is 0 Å². The zero-order chi connectivity index (χ0) is 16.4. The van der Waals surface area contributed by atoms with Crippen LogP contribution in [0.4, 0.5) is 4.39 Å². The van der Waals surface area contributed by atoms with Crippen LogP contribution in [0.1, 0.15) is 11.3 Å². The van der Waals surface area contributed by atoms with Crippen LogP contribution < -0.4 is 5.56 Å². The maximum Gasteiger partial charge on any atom is 0.325 e. The average Bonchev–Trinajstić information content (AvgIpc) is 2.53. The lowest BCUT2D eigenvalue weighted by molar-refractivity contribution is -0.138. The molecule has 0 unspecified atom stereocenters. The summed E-state index contributed by atoms with van der Waals surface area (Å²) in [4.78, 5) is 23.2. The lowest BCUT2D eigenvalue weighted by Crippen LogP contribution is -2.28. The van der Waals surface area contributed by atoms with Gasteiger partial charge in [-0.25, -0.2) is 9.07 Å². The standard InChI is InChI=1S/C17H13FN2O3/c18-12-7-5-11(6-8-12)9-15-13-3-1-2-4-14(13)17(23)20(19-15)10-16(21)22/h1-8H,9-10H2,(H,21,22). The van der Waals surface area contributed by atoms with Gasteiger partial charge in [0, 0.05) is 11.8 Å². The molecule has 0 saturated carbocycles. The van der Waals surface area contributed by atoms with Crippen LogP contribution in [-0.2, 0) is 17.8 Å². The normalized spacial score (nSPS) is 10.8. The summed E-state index contributed by atoms with van der Waals surface area (Å²) >= 11 is 0. The molecule has 0 fully saturated rings. The van der Waals surface area contributed by atoms with Gasteiger partial charge in [-0.05, 0) is 23.8 Å². The minimum atomic E-state index is -1.14. The van der Waals surface area contributed by atoms with Crippen molar-refractivity contribution in [1.29, 1.82) is 0 Å². The van der Waals surface area contributed by atoms with Crippen LogP contribution in [0.3, 0.4) is 0 Å². The zero-order valence-corrected chi connectivity index (χ0v) is 12.1. The first kappa shape index (κ1) is 14.9. The Morgan fingerprint density at radius 3 is 2.39 bits per heavy atom. The van der Waals surface area contributed by atoms with Gasteiger partial charge in [-0.15, -0.1) is 0 Å². The molecule has 2 aromatic carbocycles. The Morgan fingerprint density at radius 2 is 1.74 bits per heavy atom. The quantitative estimate of drug-likeness (QED) is 0.801. The van der Waals surface area contributed by atoms with Crippen molar-refractivity contribution in [3.05, 3.63) is 76.0 Å². The summed E-state index contributed by atoms with van der Waals surface area (Å²) in [5.74, 6) is -1.47. The van der Waals surface area contributed by atoms with Crippen LogP contribution >= 0.6 is 0 Å². The Balaban J connectivity index is 2.14. The second-order valence-corrected chi connectivity index (χ2v) is 5.15. The summed E-state index contributed by atoms with van der Waals surface area (Å²) in [7, 11) is 0. The molecular formula is C17H13FN2O3. The summed E-state index contributed by atoms with van der Waals surface area (Å²) in [5, 5.41) is 14.2. The summed E-state index contributed by atoms with van der Waals surface area (Å²) in [6.45, 7) is -0.500. The monoisotopic (exact) mass is 312 g/mol. The highest BCUT2D eigenvalue weighted by Crippen LogP contribution is 2.17. The predicted molar refractivity (Wildman–Crippen MR) is 82.8 cm³/mol. The van der Waals surface area contributed by atoms with Crippen LogP contribution in [-0.4, -0.2) is 20.9 Å². The lowest BCUT2D eigenvalue weighted by atomic mass is 10.0. The number of hydrogen-bond acceptors (Lipinski definition) is 3. The van der Waals surface area contributed by atoms with E-state index in [0.29, 0.717) is 22.9 Å². The average molecular weight is 312 g/mol.